The molecular weight excluding hydrogens is 482 g/mol. The largest absolute Gasteiger partial charge is 0.394 e. The number of benzene rings is 1. The molecule has 1 atom stereocenters. The highest BCUT2D eigenvalue weighted by Crippen LogP contribution is 2.24. The number of fused-ring (bicyclic) bond motifs is 1. The summed E-state index contributed by atoms with van der Waals surface area (Å²) in [6.45, 7) is 7.06. The van der Waals surface area contributed by atoms with E-state index in [1.54, 1.807) is 19.2 Å². The van der Waals surface area contributed by atoms with E-state index in [0.29, 0.717) is 62.8 Å². The number of hydrogen-bond acceptors (Lipinski definition) is 8. The molecule has 2 aromatic rings. The number of amides is 2. The zero-order chi connectivity index (χ0) is 27.0. The maximum Gasteiger partial charge on any atom is 0.329 e. The number of piperidine rings is 1. The molecule has 2 N–H and O–H groups in total. The molecule has 1 saturated heterocycles. The van der Waals surface area contributed by atoms with Crippen LogP contribution in [0.2, 0.25) is 0 Å². The second kappa shape index (κ2) is 16.7. The lowest BCUT2D eigenvalue weighted by Crippen LogP contribution is -2.44. The first-order valence-electron chi connectivity index (χ1n) is 12.5. The van der Waals surface area contributed by atoms with Gasteiger partial charge in [-0.1, -0.05) is 31.8 Å². The monoisotopic (exact) mass is 519 g/mol. The number of rotatable bonds is 13. The Morgan fingerprint density at radius 3 is 2.22 bits per heavy atom. The molecule has 2 amide bonds. The average molecular weight is 520 g/mol. The van der Waals surface area contributed by atoms with Gasteiger partial charge < -0.3 is 24.1 Å². The van der Waals surface area contributed by atoms with Gasteiger partial charge >= 0.3 is 5.69 Å². The molecule has 0 spiro atoms. The Morgan fingerprint density at radius 2 is 1.59 bits per heavy atom. The number of para-hydroxylation sites is 1. The van der Waals surface area contributed by atoms with E-state index in [1.807, 2.05) is 19.9 Å². The van der Waals surface area contributed by atoms with Crippen molar-refractivity contribution in [3.63, 3.8) is 0 Å². The highest BCUT2D eigenvalue weighted by molar-refractivity contribution is 6.00. The zero-order valence-electron chi connectivity index (χ0n) is 21.8. The summed E-state index contributed by atoms with van der Waals surface area (Å²) in [7, 11) is 1.64. The van der Waals surface area contributed by atoms with Crippen LogP contribution in [0.5, 0.6) is 0 Å². The van der Waals surface area contributed by atoms with Crippen LogP contribution in [0.25, 0.3) is 11.0 Å². The van der Waals surface area contributed by atoms with Crippen LogP contribution in [0, 0.1) is 11.8 Å². The molecule has 204 valence electrons. The number of ether oxygens (including phenoxy) is 4. The van der Waals surface area contributed by atoms with Crippen molar-refractivity contribution in [2.75, 3.05) is 59.5 Å². The molecule has 1 aromatic carbocycles. The number of carbonyl (C=O) groups excluding carboxylic acids is 2. The van der Waals surface area contributed by atoms with Crippen molar-refractivity contribution in [1.29, 1.82) is 0 Å². The summed E-state index contributed by atoms with van der Waals surface area (Å²) < 4.78 is 24.2. The maximum absolute atomic E-state index is 12.9. The van der Waals surface area contributed by atoms with Crippen LogP contribution in [0.4, 0.5) is 0 Å². The van der Waals surface area contributed by atoms with Gasteiger partial charge in [-0.05, 0) is 18.6 Å². The fourth-order valence-electron chi connectivity index (χ4n) is 3.75. The van der Waals surface area contributed by atoms with Crippen LogP contribution in [-0.2, 0) is 35.6 Å². The SMILES string of the molecule is CC.Cn1c(=O)n(C2CCC(=O)NC2=O)c2cccc(C#CCOCCOCCOCCOCCO)c21. The van der Waals surface area contributed by atoms with E-state index >= 15 is 0 Å². The summed E-state index contributed by atoms with van der Waals surface area (Å²) in [6.07, 6.45) is 0.466. The average Bonchev–Trinajstić information content (AvgIpc) is 3.16. The van der Waals surface area contributed by atoms with E-state index in [2.05, 4.69) is 17.2 Å². The quantitative estimate of drug-likeness (QED) is 0.225. The lowest BCUT2D eigenvalue weighted by Gasteiger charge is -2.21. The number of nitrogens with zero attached hydrogens (tertiary/aromatic N) is 2. The predicted octanol–water partition coefficient (Wildman–Crippen LogP) is 0.754. The number of aromatic nitrogens is 2. The zero-order valence-corrected chi connectivity index (χ0v) is 21.8. The van der Waals surface area contributed by atoms with Gasteiger partial charge in [0.1, 0.15) is 12.6 Å². The van der Waals surface area contributed by atoms with E-state index < -0.39 is 11.9 Å². The normalized spacial score (nSPS) is 15.1. The van der Waals surface area contributed by atoms with Crippen molar-refractivity contribution in [2.24, 2.45) is 7.05 Å². The summed E-state index contributed by atoms with van der Waals surface area (Å²) in [5.41, 5.74) is 1.53. The molecule has 1 fully saturated rings. The van der Waals surface area contributed by atoms with Crippen LogP contribution in [-0.4, -0.2) is 85.5 Å². The van der Waals surface area contributed by atoms with E-state index in [4.69, 9.17) is 24.1 Å². The van der Waals surface area contributed by atoms with E-state index in [1.165, 1.54) is 9.13 Å². The Balaban J connectivity index is 0.00000235. The van der Waals surface area contributed by atoms with Crippen molar-refractivity contribution < 1.29 is 33.6 Å². The Kier molecular flexibility index (Phi) is 13.6. The van der Waals surface area contributed by atoms with Gasteiger partial charge in [0.25, 0.3) is 0 Å². The summed E-state index contributed by atoms with van der Waals surface area (Å²) >= 11 is 0. The Hall–Kier alpha value is -3.01. The third kappa shape index (κ3) is 8.80. The molecule has 0 radical (unpaired) electrons. The molecule has 11 heteroatoms. The molecule has 0 bridgehead atoms. The van der Waals surface area contributed by atoms with Crippen LogP contribution in [0.3, 0.4) is 0 Å². The van der Waals surface area contributed by atoms with Crippen LogP contribution < -0.4 is 11.0 Å². The van der Waals surface area contributed by atoms with Crippen molar-refractivity contribution in [2.45, 2.75) is 32.7 Å². The van der Waals surface area contributed by atoms with Gasteiger partial charge in [-0.25, -0.2) is 4.79 Å². The molecule has 3 rings (SSSR count). The molecular formula is C26H37N3O8. The predicted molar refractivity (Wildman–Crippen MR) is 137 cm³/mol. The summed E-state index contributed by atoms with van der Waals surface area (Å²) in [5.74, 6) is 5.19. The number of aliphatic hydroxyl groups excluding tert-OH is 1. The lowest BCUT2D eigenvalue weighted by atomic mass is 10.1. The Labute approximate surface area is 216 Å². The lowest BCUT2D eigenvalue weighted by molar-refractivity contribution is -0.135. The first-order valence-corrected chi connectivity index (χ1v) is 12.5. The summed E-state index contributed by atoms with van der Waals surface area (Å²) in [5, 5.41) is 10.9. The van der Waals surface area contributed by atoms with Gasteiger partial charge in [-0.15, -0.1) is 0 Å². The van der Waals surface area contributed by atoms with Crippen molar-refractivity contribution in [3.8, 4) is 11.8 Å². The fourth-order valence-corrected chi connectivity index (χ4v) is 3.75. The molecule has 0 saturated carbocycles. The van der Waals surface area contributed by atoms with Crippen LogP contribution >= 0.6 is 0 Å². The molecule has 11 nitrogen and oxygen atoms in total. The summed E-state index contributed by atoms with van der Waals surface area (Å²) in [6, 6.07) is 4.62. The van der Waals surface area contributed by atoms with Gasteiger partial charge in [0, 0.05) is 13.5 Å². The highest BCUT2D eigenvalue weighted by atomic mass is 16.6. The Morgan fingerprint density at radius 1 is 0.973 bits per heavy atom. The van der Waals surface area contributed by atoms with Gasteiger partial charge in [0.05, 0.1) is 69.5 Å². The van der Waals surface area contributed by atoms with Gasteiger partial charge in [0.15, 0.2) is 0 Å². The standard InChI is InChI=1S/C24H31N3O8.C2H6/c1-26-22-18(5-3-10-32-12-14-34-16-17-35-15-13-33-11-9-28)4-2-6-19(22)27(24(26)31)20-7-8-21(29)25-23(20)30;1-2/h2,4,6,20,28H,7-17H2,1H3,(H,25,29,30);1-2H3. The number of imide groups is 1. The number of carbonyl (C=O) groups is 2. The third-order valence-electron chi connectivity index (χ3n) is 5.37. The van der Waals surface area contributed by atoms with Gasteiger partial charge in [-0.2, -0.15) is 0 Å². The first-order chi connectivity index (χ1) is 18.0. The number of nitrogens with one attached hydrogen (secondary N) is 1. The van der Waals surface area contributed by atoms with Gasteiger partial charge in [-0.3, -0.25) is 24.0 Å². The van der Waals surface area contributed by atoms with E-state index in [-0.39, 0.29) is 37.7 Å². The molecule has 1 aliphatic rings. The van der Waals surface area contributed by atoms with Gasteiger partial charge in [0.2, 0.25) is 11.8 Å². The molecule has 1 unspecified atom stereocenters. The molecule has 2 heterocycles. The maximum atomic E-state index is 12.9. The number of imidazole rings is 1. The minimum Gasteiger partial charge on any atom is -0.394 e. The van der Waals surface area contributed by atoms with Crippen LogP contribution in [0.1, 0.15) is 38.3 Å². The van der Waals surface area contributed by atoms with Crippen molar-refractivity contribution >= 4 is 22.8 Å². The first kappa shape index (κ1) is 30.2. The van der Waals surface area contributed by atoms with Crippen molar-refractivity contribution in [1.82, 2.24) is 14.5 Å². The van der Waals surface area contributed by atoms with E-state index in [0.717, 1.165) is 0 Å². The molecule has 37 heavy (non-hydrogen) atoms. The minimum atomic E-state index is -0.736. The number of hydrogen-bond donors (Lipinski definition) is 2. The minimum absolute atomic E-state index is 0.000915. The number of aliphatic hydroxyl groups is 1. The number of aryl methyl sites for hydroxylation is 1. The topological polar surface area (TPSA) is 130 Å². The fraction of sp³-hybridized carbons (Fsp3) is 0.577. The van der Waals surface area contributed by atoms with Crippen LogP contribution in [0.15, 0.2) is 23.0 Å². The molecule has 1 aromatic heterocycles. The van der Waals surface area contributed by atoms with E-state index in [9.17, 15) is 14.4 Å². The van der Waals surface area contributed by atoms with Crippen molar-refractivity contribution in [3.05, 3.63) is 34.2 Å². The smallest absolute Gasteiger partial charge is 0.329 e. The highest BCUT2D eigenvalue weighted by Gasteiger charge is 2.31. The molecule has 1 aliphatic heterocycles. The second-order valence-corrected chi connectivity index (χ2v) is 7.77. The Bertz CT molecular complexity index is 1130. The summed E-state index contributed by atoms with van der Waals surface area (Å²) in [4.78, 5) is 36.7. The second-order valence-electron chi connectivity index (χ2n) is 7.77. The third-order valence-corrected chi connectivity index (χ3v) is 5.37. The molecule has 0 aliphatic carbocycles.